The zero-order chi connectivity index (χ0) is 15.6. The highest BCUT2D eigenvalue weighted by molar-refractivity contribution is 7.15. The van der Waals surface area contributed by atoms with Crippen molar-refractivity contribution in [3.8, 4) is 10.6 Å². The third-order valence-corrected chi connectivity index (χ3v) is 4.67. The lowest BCUT2D eigenvalue weighted by Crippen LogP contribution is -2.16. The molecule has 0 saturated carbocycles. The van der Waals surface area contributed by atoms with Gasteiger partial charge in [0.1, 0.15) is 5.01 Å². The minimum atomic E-state index is 0.0821. The lowest BCUT2D eigenvalue weighted by Gasteiger charge is -2.17. The molecular formula is C18H26N2S. The highest BCUT2D eigenvalue weighted by Gasteiger charge is 2.23. The Kier molecular flexibility index (Phi) is 4.84. The van der Waals surface area contributed by atoms with Gasteiger partial charge in [0.15, 0.2) is 0 Å². The molecule has 0 unspecified atom stereocenters. The predicted molar refractivity (Wildman–Crippen MR) is 93.1 cm³/mol. The van der Waals surface area contributed by atoms with Crippen molar-refractivity contribution >= 4 is 11.3 Å². The summed E-state index contributed by atoms with van der Waals surface area (Å²) in [6.07, 6.45) is 0. The predicted octanol–water partition coefficient (Wildman–Crippen LogP) is 4.95. The van der Waals surface area contributed by atoms with E-state index in [0.717, 1.165) is 11.6 Å². The summed E-state index contributed by atoms with van der Waals surface area (Å²) in [6.45, 7) is 12.0. The Balaban J connectivity index is 2.40. The van der Waals surface area contributed by atoms with E-state index in [1.165, 1.54) is 21.7 Å². The summed E-state index contributed by atoms with van der Waals surface area (Å²) in [5, 5.41) is 4.38. The first-order chi connectivity index (χ1) is 9.82. The summed E-state index contributed by atoms with van der Waals surface area (Å²) in [5.41, 5.74) is 3.89. The Hall–Kier alpha value is -1.19. The molecule has 2 nitrogen and oxygen atoms in total. The van der Waals surface area contributed by atoms with Gasteiger partial charge in [0, 0.05) is 22.4 Å². The van der Waals surface area contributed by atoms with Gasteiger partial charge in [-0.1, -0.05) is 58.9 Å². The Morgan fingerprint density at radius 2 is 1.76 bits per heavy atom. The van der Waals surface area contributed by atoms with Crippen molar-refractivity contribution in [3.63, 3.8) is 0 Å². The fourth-order valence-electron chi connectivity index (χ4n) is 2.35. The number of hydrogen-bond donors (Lipinski definition) is 1. The number of aromatic nitrogens is 1. The summed E-state index contributed by atoms with van der Waals surface area (Å²) in [5.74, 6) is 0.570. The quantitative estimate of drug-likeness (QED) is 0.864. The summed E-state index contributed by atoms with van der Waals surface area (Å²) >= 11 is 1.80. The minimum absolute atomic E-state index is 0.0821. The number of nitrogens with zero attached hydrogens (tertiary/aromatic N) is 1. The molecule has 1 aromatic heterocycles. The number of rotatable bonds is 4. The maximum atomic E-state index is 4.92. The second-order valence-corrected chi connectivity index (χ2v) is 7.93. The molecule has 0 amide bonds. The average Bonchev–Trinajstić information content (AvgIpc) is 2.83. The molecule has 1 aromatic carbocycles. The molecule has 0 bridgehead atoms. The molecule has 0 aliphatic carbocycles. The standard InChI is InChI=1S/C18H26N2S/c1-12(2)13-7-9-14(10-8-13)17-20-16(18(3,4)5)15(21-17)11-19-6/h7-10,12,19H,11H2,1-6H3. The number of hydrogen-bond acceptors (Lipinski definition) is 3. The normalized spacial score (nSPS) is 12.1. The zero-order valence-corrected chi connectivity index (χ0v) is 14.8. The van der Waals surface area contributed by atoms with Crippen LogP contribution >= 0.6 is 11.3 Å². The van der Waals surface area contributed by atoms with Crippen LogP contribution in [0.4, 0.5) is 0 Å². The smallest absolute Gasteiger partial charge is 0.123 e. The molecule has 0 atom stereocenters. The first-order valence-electron chi connectivity index (χ1n) is 7.58. The van der Waals surface area contributed by atoms with Gasteiger partial charge in [-0.15, -0.1) is 11.3 Å². The third kappa shape index (κ3) is 3.72. The van der Waals surface area contributed by atoms with Gasteiger partial charge in [0.05, 0.1) is 5.69 Å². The van der Waals surface area contributed by atoms with E-state index in [9.17, 15) is 0 Å². The fraction of sp³-hybridized carbons (Fsp3) is 0.500. The number of nitrogens with one attached hydrogen (secondary N) is 1. The van der Waals surface area contributed by atoms with Gasteiger partial charge in [0.2, 0.25) is 0 Å². The van der Waals surface area contributed by atoms with Crippen LogP contribution in [0.25, 0.3) is 10.6 Å². The maximum Gasteiger partial charge on any atom is 0.123 e. The van der Waals surface area contributed by atoms with Crippen molar-refractivity contribution in [2.24, 2.45) is 0 Å². The van der Waals surface area contributed by atoms with Crippen LogP contribution in [0.15, 0.2) is 24.3 Å². The molecule has 0 saturated heterocycles. The molecule has 2 aromatic rings. The molecule has 114 valence electrons. The molecule has 1 heterocycles. The van der Waals surface area contributed by atoms with Crippen LogP contribution in [0, 0.1) is 0 Å². The van der Waals surface area contributed by atoms with Crippen molar-refractivity contribution in [2.75, 3.05) is 7.05 Å². The van der Waals surface area contributed by atoms with E-state index in [0.29, 0.717) is 5.92 Å². The Bertz CT molecular complexity index is 589. The van der Waals surface area contributed by atoms with E-state index in [1.807, 2.05) is 7.05 Å². The van der Waals surface area contributed by atoms with Crippen LogP contribution in [-0.2, 0) is 12.0 Å². The van der Waals surface area contributed by atoms with Crippen LogP contribution in [0.2, 0.25) is 0 Å². The van der Waals surface area contributed by atoms with E-state index >= 15 is 0 Å². The molecule has 3 heteroatoms. The highest BCUT2D eigenvalue weighted by Crippen LogP contribution is 2.34. The van der Waals surface area contributed by atoms with Crippen LogP contribution in [-0.4, -0.2) is 12.0 Å². The van der Waals surface area contributed by atoms with Gasteiger partial charge in [-0.25, -0.2) is 4.98 Å². The first-order valence-corrected chi connectivity index (χ1v) is 8.39. The van der Waals surface area contributed by atoms with E-state index in [1.54, 1.807) is 11.3 Å². The first kappa shape index (κ1) is 16.2. The van der Waals surface area contributed by atoms with Crippen LogP contribution in [0.5, 0.6) is 0 Å². The second kappa shape index (κ2) is 6.29. The molecule has 0 spiro atoms. The van der Waals surface area contributed by atoms with Gasteiger partial charge in [-0.3, -0.25) is 0 Å². The lowest BCUT2D eigenvalue weighted by atomic mass is 9.91. The van der Waals surface area contributed by atoms with E-state index in [-0.39, 0.29) is 5.41 Å². The van der Waals surface area contributed by atoms with Crippen molar-refractivity contribution in [2.45, 2.75) is 52.5 Å². The Labute approximate surface area is 132 Å². The van der Waals surface area contributed by atoms with Crippen molar-refractivity contribution in [1.29, 1.82) is 0 Å². The van der Waals surface area contributed by atoms with E-state index < -0.39 is 0 Å². The highest BCUT2D eigenvalue weighted by atomic mass is 32.1. The SMILES string of the molecule is CNCc1sc(-c2ccc(C(C)C)cc2)nc1C(C)(C)C. The van der Waals surface area contributed by atoms with Gasteiger partial charge >= 0.3 is 0 Å². The fourth-order valence-corrected chi connectivity index (χ4v) is 3.64. The van der Waals surface area contributed by atoms with Crippen molar-refractivity contribution < 1.29 is 0 Å². The Morgan fingerprint density at radius 1 is 1.14 bits per heavy atom. The van der Waals surface area contributed by atoms with Gasteiger partial charge < -0.3 is 5.32 Å². The molecule has 0 aliphatic rings. The zero-order valence-electron chi connectivity index (χ0n) is 13.9. The lowest BCUT2D eigenvalue weighted by molar-refractivity contribution is 0.563. The van der Waals surface area contributed by atoms with Crippen LogP contribution in [0.1, 0.15) is 56.7 Å². The molecule has 0 fully saturated rings. The molecule has 2 rings (SSSR count). The topological polar surface area (TPSA) is 24.9 Å². The summed E-state index contributed by atoms with van der Waals surface area (Å²) in [6, 6.07) is 8.83. The molecule has 1 N–H and O–H groups in total. The number of thiazole rings is 1. The van der Waals surface area contributed by atoms with Crippen LogP contribution in [0.3, 0.4) is 0 Å². The van der Waals surface area contributed by atoms with Gasteiger partial charge in [-0.05, 0) is 18.5 Å². The maximum absolute atomic E-state index is 4.92. The van der Waals surface area contributed by atoms with Gasteiger partial charge in [0.25, 0.3) is 0 Å². The minimum Gasteiger partial charge on any atom is -0.315 e. The van der Waals surface area contributed by atoms with E-state index in [4.69, 9.17) is 4.98 Å². The van der Waals surface area contributed by atoms with Crippen LogP contribution < -0.4 is 5.32 Å². The molecule has 0 radical (unpaired) electrons. The monoisotopic (exact) mass is 302 g/mol. The average molecular weight is 302 g/mol. The van der Waals surface area contributed by atoms with Crippen molar-refractivity contribution in [1.82, 2.24) is 10.3 Å². The largest absolute Gasteiger partial charge is 0.315 e. The van der Waals surface area contributed by atoms with E-state index in [2.05, 4.69) is 64.2 Å². The van der Waals surface area contributed by atoms with Gasteiger partial charge in [-0.2, -0.15) is 0 Å². The third-order valence-electron chi connectivity index (χ3n) is 3.57. The Morgan fingerprint density at radius 3 is 2.24 bits per heavy atom. The van der Waals surface area contributed by atoms with Crippen molar-refractivity contribution in [3.05, 3.63) is 40.4 Å². The second-order valence-electron chi connectivity index (χ2n) is 6.85. The molecule has 21 heavy (non-hydrogen) atoms. The summed E-state index contributed by atoms with van der Waals surface area (Å²) in [4.78, 5) is 6.26. The molecular weight excluding hydrogens is 276 g/mol. The summed E-state index contributed by atoms with van der Waals surface area (Å²) in [7, 11) is 1.99. The molecule has 0 aliphatic heterocycles. The summed E-state index contributed by atoms with van der Waals surface area (Å²) < 4.78 is 0. The number of benzene rings is 1.